The van der Waals surface area contributed by atoms with Crippen LogP contribution in [0.25, 0.3) is 0 Å². The summed E-state index contributed by atoms with van der Waals surface area (Å²) in [6, 6.07) is 10.8. The molecule has 1 atom stereocenters. The number of hydrogen-bond acceptors (Lipinski definition) is 6. The maximum Gasteiger partial charge on any atom is 0.490 e. The smallest absolute Gasteiger partial charge is 0.475 e. The molecule has 288 valence electrons. The number of amides is 2. The van der Waals surface area contributed by atoms with E-state index >= 15 is 0 Å². The number of unbranched alkanes of at least 4 members (excludes halogenated alkanes) is 1. The number of aromatic nitrogens is 2. The second kappa shape index (κ2) is 17.5. The van der Waals surface area contributed by atoms with E-state index in [0.29, 0.717) is 24.4 Å². The van der Waals surface area contributed by atoms with E-state index in [0.717, 1.165) is 88.3 Å². The molecule has 3 aliphatic heterocycles. The predicted molar refractivity (Wildman–Crippen MR) is 191 cm³/mol. The molecule has 4 aliphatic rings. The van der Waals surface area contributed by atoms with Crippen LogP contribution < -0.4 is 0 Å². The molecule has 1 aromatic heterocycles. The molecule has 10 nitrogen and oxygen atoms in total. The molecule has 1 saturated carbocycles. The first-order valence-corrected chi connectivity index (χ1v) is 19.2. The third-order valence-electron chi connectivity index (χ3n) is 11.8. The number of carbonyl (C=O) groups is 3. The van der Waals surface area contributed by atoms with Gasteiger partial charge in [-0.2, -0.15) is 18.3 Å². The van der Waals surface area contributed by atoms with Gasteiger partial charge in [0.2, 0.25) is 0 Å². The Hall–Kier alpha value is -3.61. The first-order chi connectivity index (χ1) is 24.8. The lowest BCUT2D eigenvalue weighted by Crippen LogP contribution is -2.61. The Labute approximate surface area is 305 Å². The Morgan fingerprint density at radius 1 is 0.981 bits per heavy atom. The average Bonchev–Trinajstić information content (AvgIpc) is 3.41. The van der Waals surface area contributed by atoms with Crippen molar-refractivity contribution in [2.24, 2.45) is 11.8 Å². The average molecular weight is 732 g/mol. The number of carboxylic acid groups (broad SMARTS) is 1. The van der Waals surface area contributed by atoms with E-state index in [9.17, 15) is 22.8 Å². The molecule has 1 N–H and O–H groups in total. The Balaban J connectivity index is 0.000000679. The Kier molecular flexibility index (Phi) is 13.3. The topological polar surface area (TPSA) is 108 Å². The summed E-state index contributed by atoms with van der Waals surface area (Å²) in [4.78, 5) is 42.7. The molecule has 3 saturated heterocycles. The summed E-state index contributed by atoms with van der Waals surface area (Å²) < 4.78 is 40.2. The quantitative estimate of drug-likeness (QED) is 0.285. The van der Waals surface area contributed by atoms with E-state index in [1.807, 2.05) is 41.6 Å². The highest BCUT2D eigenvalue weighted by molar-refractivity contribution is 5.96. The lowest BCUT2D eigenvalue weighted by Gasteiger charge is -2.52. The summed E-state index contributed by atoms with van der Waals surface area (Å²) in [5.41, 5.74) is 3.40. The molecule has 1 aromatic carbocycles. The zero-order chi connectivity index (χ0) is 37.5. The van der Waals surface area contributed by atoms with Crippen molar-refractivity contribution in [1.82, 2.24) is 24.5 Å². The number of alkyl halides is 3. The molecule has 52 heavy (non-hydrogen) atoms. The van der Waals surface area contributed by atoms with Crippen LogP contribution in [0.4, 0.5) is 18.0 Å². The Morgan fingerprint density at radius 3 is 2.21 bits per heavy atom. The van der Waals surface area contributed by atoms with E-state index in [1.165, 1.54) is 50.5 Å². The molecule has 2 aromatic rings. The van der Waals surface area contributed by atoms with Gasteiger partial charge in [0.25, 0.3) is 5.91 Å². The van der Waals surface area contributed by atoms with Crippen molar-refractivity contribution in [2.75, 3.05) is 39.3 Å². The number of aliphatic carboxylic acids is 1. The fourth-order valence-corrected chi connectivity index (χ4v) is 8.75. The summed E-state index contributed by atoms with van der Waals surface area (Å²) in [7, 11) is 0. The van der Waals surface area contributed by atoms with Crippen LogP contribution >= 0.6 is 0 Å². The maximum atomic E-state index is 13.7. The van der Waals surface area contributed by atoms with Gasteiger partial charge in [0, 0.05) is 69.8 Å². The third kappa shape index (κ3) is 9.68. The molecule has 0 bridgehead atoms. The normalized spacial score (nSPS) is 21.8. The molecule has 4 fully saturated rings. The fourth-order valence-electron chi connectivity index (χ4n) is 8.75. The molecular formula is C39H56F3N5O5. The summed E-state index contributed by atoms with van der Waals surface area (Å²) >= 11 is 0. The van der Waals surface area contributed by atoms with Gasteiger partial charge < -0.3 is 19.6 Å². The number of carboxylic acids is 1. The third-order valence-corrected chi connectivity index (χ3v) is 11.8. The number of benzene rings is 1. The highest BCUT2D eigenvalue weighted by Crippen LogP contribution is 2.42. The number of hydrogen-bond donors (Lipinski definition) is 1. The summed E-state index contributed by atoms with van der Waals surface area (Å²) in [6.45, 7) is 12.2. The van der Waals surface area contributed by atoms with E-state index in [1.54, 1.807) is 0 Å². The summed E-state index contributed by atoms with van der Waals surface area (Å²) in [5.74, 6) is -1.57. The van der Waals surface area contributed by atoms with Crippen molar-refractivity contribution in [3.63, 3.8) is 0 Å². The number of halogens is 3. The SMILES string of the molecule is CCCCC1CN(CC2CCCCC2)C(=O)OC12CCN(C1CCN(C(=O)c3c(C)nn(Cc4ccccc4)c3C)CC1)CC2.O=C(O)C(F)(F)F. The molecule has 0 radical (unpaired) electrons. The number of ether oxygens (including phenoxy) is 1. The van der Waals surface area contributed by atoms with E-state index in [-0.39, 0.29) is 17.6 Å². The Morgan fingerprint density at radius 2 is 1.62 bits per heavy atom. The van der Waals surface area contributed by atoms with Crippen molar-refractivity contribution in [2.45, 2.75) is 122 Å². The lowest BCUT2D eigenvalue weighted by atomic mass is 9.75. The Bertz CT molecular complexity index is 1490. The number of likely N-dealkylation sites (tertiary alicyclic amines) is 2. The van der Waals surface area contributed by atoms with Gasteiger partial charge in [0.1, 0.15) is 5.60 Å². The van der Waals surface area contributed by atoms with Gasteiger partial charge in [-0.05, 0) is 57.4 Å². The minimum absolute atomic E-state index is 0.0636. The number of piperidine rings is 2. The molecule has 4 heterocycles. The zero-order valence-electron chi connectivity index (χ0n) is 31.0. The van der Waals surface area contributed by atoms with Crippen LogP contribution in [-0.4, -0.2) is 105 Å². The highest BCUT2D eigenvalue weighted by Gasteiger charge is 2.50. The summed E-state index contributed by atoms with van der Waals surface area (Å²) in [5, 5.41) is 11.9. The fraction of sp³-hybridized carbons (Fsp3) is 0.692. The van der Waals surface area contributed by atoms with Crippen molar-refractivity contribution >= 4 is 18.0 Å². The van der Waals surface area contributed by atoms with Gasteiger partial charge in [-0.1, -0.05) is 69.4 Å². The van der Waals surface area contributed by atoms with Gasteiger partial charge in [-0.3, -0.25) is 14.4 Å². The number of nitrogens with zero attached hydrogens (tertiary/aromatic N) is 5. The standard InChI is InChI=1S/C37H55N5O3.C2HF3O2/c1-4-5-16-32-27-41(25-30-12-8-6-9-13-30)36(44)45-37(32)19-23-39(24-20-37)33-17-21-40(22-18-33)35(43)34-28(2)38-42(29(34)3)26-31-14-10-7-11-15-31;3-2(4,5)1(6)7/h7,10-11,14-15,30,32-33H,4-6,8-9,12-13,16-27H2,1-3H3;(H,6,7). The van der Waals surface area contributed by atoms with Crippen molar-refractivity contribution in [3.8, 4) is 0 Å². The van der Waals surface area contributed by atoms with Crippen LogP contribution in [0.15, 0.2) is 30.3 Å². The lowest BCUT2D eigenvalue weighted by molar-refractivity contribution is -0.192. The molecular weight excluding hydrogens is 675 g/mol. The molecule has 13 heteroatoms. The minimum Gasteiger partial charge on any atom is -0.475 e. The van der Waals surface area contributed by atoms with Gasteiger partial charge in [0.05, 0.1) is 17.8 Å². The van der Waals surface area contributed by atoms with Crippen LogP contribution in [0.1, 0.15) is 111 Å². The molecule has 1 unspecified atom stereocenters. The van der Waals surface area contributed by atoms with Gasteiger partial charge in [-0.25, -0.2) is 9.59 Å². The first-order valence-electron chi connectivity index (χ1n) is 19.2. The molecule has 1 spiro atoms. The van der Waals surface area contributed by atoms with E-state index in [2.05, 4.69) is 28.9 Å². The first kappa shape index (κ1) is 39.6. The molecule has 2 amide bonds. The monoisotopic (exact) mass is 731 g/mol. The molecule has 6 rings (SSSR count). The van der Waals surface area contributed by atoms with Gasteiger partial charge in [-0.15, -0.1) is 0 Å². The predicted octanol–water partition coefficient (Wildman–Crippen LogP) is 7.46. The van der Waals surface area contributed by atoms with Gasteiger partial charge >= 0.3 is 18.2 Å². The summed E-state index contributed by atoms with van der Waals surface area (Å²) in [6.07, 6.45) is 8.68. The largest absolute Gasteiger partial charge is 0.490 e. The highest BCUT2D eigenvalue weighted by atomic mass is 19.4. The number of carbonyl (C=O) groups excluding carboxylic acids is 2. The second-order valence-electron chi connectivity index (χ2n) is 15.2. The second-order valence-corrected chi connectivity index (χ2v) is 15.2. The van der Waals surface area contributed by atoms with Crippen LogP contribution in [0.2, 0.25) is 0 Å². The van der Waals surface area contributed by atoms with Crippen LogP contribution in [0, 0.1) is 25.7 Å². The minimum atomic E-state index is -5.08. The van der Waals surface area contributed by atoms with Crippen molar-refractivity contribution in [1.29, 1.82) is 0 Å². The maximum absolute atomic E-state index is 13.7. The van der Waals surface area contributed by atoms with Crippen molar-refractivity contribution < 1.29 is 37.4 Å². The van der Waals surface area contributed by atoms with Gasteiger partial charge in [0.15, 0.2) is 0 Å². The van der Waals surface area contributed by atoms with E-state index in [4.69, 9.17) is 19.7 Å². The van der Waals surface area contributed by atoms with Crippen LogP contribution in [0.5, 0.6) is 0 Å². The number of aryl methyl sites for hydroxylation is 1. The van der Waals surface area contributed by atoms with Crippen LogP contribution in [-0.2, 0) is 16.1 Å². The van der Waals surface area contributed by atoms with Crippen LogP contribution in [0.3, 0.4) is 0 Å². The zero-order valence-corrected chi connectivity index (χ0v) is 31.0. The van der Waals surface area contributed by atoms with Crippen molar-refractivity contribution in [3.05, 3.63) is 52.8 Å². The molecule has 1 aliphatic carbocycles. The van der Waals surface area contributed by atoms with E-state index < -0.39 is 12.1 Å². The number of rotatable bonds is 9.